The zero-order valence-corrected chi connectivity index (χ0v) is 24.9. The molecule has 0 unspecified atom stereocenters. The van der Waals surface area contributed by atoms with E-state index < -0.39 is 10.4 Å². The van der Waals surface area contributed by atoms with Crippen LogP contribution in [0.4, 0.5) is 0 Å². The summed E-state index contributed by atoms with van der Waals surface area (Å²) >= 11 is 24.9. The van der Waals surface area contributed by atoms with Crippen LogP contribution in [0, 0.1) is 10.8 Å². The predicted molar refractivity (Wildman–Crippen MR) is 158 cm³/mol. The number of aliphatic hydroxyl groups is 1. The molecule has 0 bridgehead atoms. The molecule has 0 radical (unpaired) electrons. The lowest BCUT2D eigenvalue weighted by Crippen LogP contribution is -2.09. The Hall–Kier alpha value is -1.32. The van der Waals surface area contributed by atoms with E-state index >= 15 is 0 Å². The number of amidine groups is 2. The number of halogens is 4. The van der Waals surface area contributed by atoms with Gasteiger partial charge in [-0.05, 0) is 67.5 Å². The van der Waals surface area contributed by atoms with Gasteiger partial charge in [0.1, 0.15) is 0 Å². The Bertz CT molecular complexity index is 999. The van der Waals surface area contributed by atoms with Crippen LogP contribution in [-0.2, 0) is 23.2 Å². The van der Waals surface area contributed by atoms with Crippen molar-refractivity contribution in [1.82, 2.24) is 0 Å². The van der Waals surface area contributed by atoms with Gasteiger partial charge in [-0.2, -0.15) is 8.42 Å². The van der Waals surface area contributed by atoms with E-state index in [0.717, 1.165) is 37.5 Å². The Morgan fingerprint density at radius 1 is 0.865 bits per heavy atom. The van der Waals surface area contributed by atoms with Gasteiger partial charge in [-0.1, -0.05) is 70.3 Å². The Balaban J connectivity index is -0.000000446. The van der Waals surface area contributed by atoms with Crippen LogP contribution in [0.15, 0.2) is 36.4 Å². The summed E-state index contributed by atoms with van der Waals surface area (Å²) in [7, 11) is -3.67. The van der Waals surface area contributed by atoms with E-state index in [4.69, 9.17) is 97.1 Å². The van der Waals surface area contributed by atoms with Crippen molar-refractivity contribution in [2.75, 3.05) is 19.9 Å². The van der Waals surface area contributed by atoms with Crippen LogP contribution in [0.5, 0.6) is 0 Å². The topological polar surface area (TPSA) is 221 Å². The number of rotatable bonds is 6. The third-order valence-corrected chi connectivity index (χ3v) is 5.47. The molecule has 37 heavy (non-hydrogen) atoms. The number of nitrogens with one attached hydrogen (secondary N) is 2. The SMILES string of the molecule is CO.CSC(=N)N.N=C(N)CCCc1c(Cl)cccc1Cl.NCCc1c(Cl)cccc1Cl.O=S(=O)(O)O. The fraction of sp³-hybridized carbons (Fsp3) is 0.333. The summed E-state index contributed by atoms with van der Waals surface area (Å²) in [4.78, 5) is 0. The molecule has 0 aliphatic heterocycles. The van der Waals surface area contributed by atoms with E-state index in [1.165, 1.54) is 11.8 Å². The van der Waals surface area contributed by atoms with Crippen LogP contribution < -0.4 is 17.2 Å². The lowest BCUT2D eigenvalue weighted by molar-refractivity contribution is 0.381. The maximum atomic E-state index is 8.74. The van der Waals surface area contributed by atoms with Crippen LogP contribution in [0.25, 0.3) is 0 Å². The molecule has 0 aromatic heterocycles. The third kappa shape index (κ3) is 26.1. The van der Waals surface area contributed by atoms with Gasteiger partial charge < -0.3 is 22.3 Å². The Labute approximate surface area is 242 Å². The zero-order chi connectivity index (χ0) is 29.6. The molecule has 0 aliphatic carbocycles. The van der Waals surface area contributed by atoms with Gasteiger partial charge >= 0.3 is 10.4 Å². The van der Waals surface area contributed by atoms with Gasteiger partial charge in [-0.3, -0.25) is 19.9 Å². The minimum absolute atomic E-state index is 0.171. The van der Waals surface area contributed by atoms with E-state index in [1.54, 1.807) is 6.26 Å². The smallest absolute Gasteiger partial charge is 0.394 e. The van der Waals surface area contributed by atoms with Crippen LogP contribution in [0.1, 0.15) is 24.0 Å². The van der Waals surface area contributed by atoms with Crippen LogP contribution in [0.3, 0.4) is 0 Å². The average Bonchev–Trinajstić information content (AvgIpc) is 2.79. The van der Waals surface area contributed by atoms with Crippen molar-refractivity contribution >= 4 is 79.6 Å². The normalized spacial score (nSPS) is 9.57. The summed E-state index contributed by atoms with van der Waals surface area (Å²) in [6, 6.07) is 10.9. The van der Waals surface area contributed by atoms with Crippen molar-refractivity contribution < 1.29 is 22.6 Å². The summed E-state index contributed by atoms with van der Waals surface area (Å²) < 4.78 is 31.6. The molecule has 2 aromatic carbocycles. The Morgan fingerprint density at radius 3 is 1.41 bits per heavy atom. The second kappa shape index (κ2) is 23.8. The molecule has 0 spiro atoms. The first kappa shape index (κ1) is 40.2. The second-order valence-corrected chi connectivity index (χ2v) is 9.71. The zero-order valence-electron chi connectivity index (χ0n) is 20.2. The van der Waals surface area contributed by atoms with E-state index in [-0.39, 0.29) is 11.0 Å². The summed E-state index contributed by atoms with van der Waals surface area (Å²) in [6.07, 6.45) is 4.65. The molecular weight excluding hydrogens is 608 g/mol. The van der Waals surface area contributed by atoms with Gasteiger partial charge in [0.05, 0.1) is 5.84 Å². The quantitative estimate of drug-likeness (QED) is 0.121. The maximum absolute atomic E-state index is 8.74. The number of hydrogen-bond acceptors (Lipinski definition) is 7. The van der Waals surface area contributed by atoms with E-state index in [9.17, 15) is 0 Å². The second-order valence-electron chi connectivity index (χ2n) is 6.33. The highest BCUT2D eigenvalue weighted by molar-refractivity contribution is 8.13. The fourth-order valence-electron chi connectivity index (χ4n) is 2.14. The molecule has 2 rings (SSSR count). The predicted octanol–water partition coefficient (Wildman–Crippen LogP) is 4.95. The summed E-state index contributed by atoms with van der Waals surface area (Å²) in [5, 5.41) is 23.5. The summed E-state index contributed by atoms with van der Waals surface area (Å²) in [5.41, 5.74) is 17.4. The molecule has 0 saturated heterocycles. The Kier molecular flexibility index (Phi) is 25.8. The van der Waals surface area contributed by atoms with Crippen molar-refractivity contribution in [2.24, 2.45) is 17.2 Å². The molecule has 0 fully saturated rings. The van der Waals surface area contributed by atoms with Gasteiger partial charge in [0.15, 0.2) is 5.17 Å². The molecule has 0 aliphatic rings. The number of benzene rings is 2. The molecule has 0 amide bonds. The van der Waals surface area contributed by atoms with Crippen molar-refractivity contribution in [3.8, 4) is 0 Å². The highest BCUT2D eigenvalue weighted by atomic mass is 35.5. The third-order valence-electron chi connectivity index (χ3n) is 3.61. The van der Waals surface area contributed by atoms with E-state index in [0.29, 0.717) is 33.1 Å². The Morgan fingerprint density at radius 2 is 1.16 bits per heavy atom. The van der Waals surface area contributed by atoms with Gasteiger partial charge in [0.25, 0.3) is 0 Å². The van der Waals surface area contributed by atoms with Gasteiger partial charge in [0, 0.05) is 33.6 Å². The molecule has 0 atom stereocenters. The van der Waals surface area contributed by atoms with Crippen LogP contribution in [-0.4, -0.2) is 53.5 Å². The molecule has 16 heteroatoms. The average molecular weight is 641 g/mol. The first-order valence-corrected chi connectivity index (χ1v) is 14.2. The fourth-order valence-corrected chi connectivity index (χ4v) is 3.32. The molecular formula is C21H33Cl4N5O5S2. The molecule has 0 heterocycles. The van der Waals surface area contributed by atoms with Gasteiger partial charge in [-0.25, -0.2) is 0 Å². The van der Waals surface area contributed by atoms with Crippen molar-refractivity contribution in [1.29, 1.82) is 10.8 Å². The van der Waals surface area contributed by atoms with Crippen LogP contribution >= 0.6 is 58.2 Å². The minimum atomic E-state index is -4.67. The molecule has 212 valence electrons. The first-order valence-electron chi connectivity index (χ1n) is 10.0. The lowest BCUT2D eigenvalue weighted by atomic mass is 10.1. The molecule has 0 saturated carbocycles. The van der Waals surface area contributed by atoms with E-state index in [1.807, 2.05) is 36.4 Å². The number of aliphatic hydroxyl groups excluding tert-OH is 1. The van der Waals surface area contributed by atoms with Crippen molar-refractivity contribution in [3.63, 3.8) is 0 Å². The van der Waals surface area contributed by atoms with Gasteiger partial charge in [0.2, 0.25) is 0 Å². The van der Waals surface area contributed by atoms with Crippen molar-refractivity contribution in [2.45, 2.75) is 25.7 Å². The maximum Gasteiger partial charge on any atom is 0.394 e. The van der Waals surface area contributed by atoms with Crippen molar-refractivity contribution in [3.05, 3.63) is 67.6 Å². The number of nitrogens with two attached hydrogens (primary N) is 3. The highest BCUT2D eigenvalue weighted by Crippen LogP contribution is 2.26. The monoisotopic (exact) mass is 639 g/mol. The summed E-state index contributed by atoms with van der Waals surface area (Å²) in [6.45, 7) is 0.573. The standard InChI is InChI=1S/C10H12Cl2N2.C8H9Cl2N.C2H6N2S.CH4O.H2O4S/c11-8-4-2-5-9(12)7(8)3-1-6-10(13)14;9-7-2-1-3-8(10)6(7)4-5-11;1-5-2(3)4;1-2;1-5(2,3)4/h2,4-5H,1,3,6H2,(H3,13,14);1-3H,4-5,11H2;1H3,(H3,3,4);2H,1H3;(H2,1,2,3,4). The summed E-state index contributed by atoms with van der Waals surface area (Å²) in [5.74, 6) is 0.202. The molecule has 11 N–H and O–H groups in total. The highest BCUT2D eigenvalue weighted by Gasteiger charge is 2.05. The first-order chi connectivity index (χ1) is 17.1. The van der Waals surface area contributed by atoms with Crippen LogP contribution in [0.2, 0.25) is 20.1 Å². The minimum Gasteiger partial charge on any atom is -0.400 e. The largest absolute Gasteiger partial charge is 0.400 e. The number of hydrogen-bond donors (Lipinski definition) is 8. The van der Waals surface area contributed by atoms with E-state index in [2.05, 4.69) is 0 Å². The lowest BCUT2D eigenvalue weighted by Gasteiger charge is -2.05. The molecule has 10 nitrogen and oxygen atoms in total. The molecule has 2 aromatic rings. The number of thioether (sulfide) groups is 1. The van der Waals surface area contributed by atoms with Gasteiger partial charge in [-0.15, -0.1) is 0 Å².